The highest BCUT2D eigenvalue weighted by molar-refractivity contribution is 5.78. The van der Waals surface area contributed by atoms with Gasteiger partial charge in [-0.3, -0.25) is 9.69 Å². The first kappa shape index (κ1) is 24.1. The summed E-state index contributed by atoms with van der Waals surface area (Å²) in [4.78, 5) is 17.5. The van der Waals surface area contributed by atoms with Crippen LogP contribution in [0.25, 0.3) is 0 Å². The molecular weight excluding hydrogens is 400 g/mol. The van der Waals surface area contributed by atoms with Gasteiger partial charge in [0.25, 0.3) is 0 Å². The number of benzene rings is 2. The first-order chi connectivity index (χ1) is 15.3. The zero-order valence-corrected chi connectivity index (χ0v) is 20.1. The van der Waals surface area contributed by atoms with Gasteiger partial charge >= 0.3 is 0 Å². The van der Waals surface area contributed by atoms with Crippen LogP contribution < -0.4 is 4.74 Å². The fraction of sp³-hybridized carbons (Fsp3) is 0.519. The van der Waals surface area contributed by atoms with E-state index in [9.17, 15) is 9.90 Å². The number of amides is 1. The molecule has 0 spiro atoms. The minimum absolute atomic E-state index is 0.0113. The van der Waals surface area contributed by atoms with Crippen molar-refractivity contribution in [1.29, 1.82) is 0 Å². The number of methoxy groups -OCH3 is 1. The number of likely N-dealkylation sites (tertiary alicyclic amines) is 1. The zero-order chi connectivity index (χ0) is 23.3. The summed E-state index contributed by atoms with van der Waals surface area (Å²) >= 11 is 0. The van der Waals surface area contributed by atoms with Crippen LogP contribution in [0.2, 0.25) is 0 Å². The third-order valence-electron chi connectivity index (χ3n) is 6.27. The molecule has 5 nitrogen and oxygen atoms in total. The van der Waals surface area contributed by atoms with Gasteiger partial charge in [-0.25, -0.2) is 0 Å². The number of hydrogen-bond donors (Lipinski definition) is 1. The monoisotopic (exact) mass is 438 g/mol. The average Bonchev–Trinajstić information content (AvgIpc) is 3.16. The molecule has 1 heterocycles. The Kier molecular flexibility index (Phi) is 8.19. The first-order valence-corrected chi connectivity index (χ1v) is 11.7. The molecule has 0 radical (unpaired) electrons. The van der Waals surface area contributed by atoms with Gasteiger partial charge in [-0.2, -0.15) is 0 Å². The Morgan fingerprint density at radius 2 is 1.88 bits per heavy atom. The highest BCUT2D eigenvalue weighted by Crippen LogP contribution is 2.36. The molecule has 0 aromatic heterocycles. The van der Waals surface area contributed by atoms with Crippen LogP contribution in [0.3, 0.4) is 0 Å². The minimum Gasteiger partial charge on any atom is -0.508 e. The van der Waals surface area contributed by atoms with E-state index in [4.69, 9.17) is 4.74 Å². The number of aromatic hydroxyl groups is 1. The van der Waals surface area contributed by atoms with E-state index >= 15 is 0 Å². The van der Waals surface area contributed by atoms with Crippen LogP contribution >= 0.6 is 0 Å². The van der Waals surface area contributed by atoms with Gasteiger partial charge in [-0.05, 0) is 35.6 Å². The summed E-state index contributed by atoms with van der Waals surface area (Å²) in [6.45, 7) is 12.3. The van der Waals surface area contributed by atoms with E-state index in [-0.39, 0.29) is 11.8 Å². The molecule has 5 heteroatoms. The van der Waals surface area contributed by atoms with Crippen molar-refractivity contribution in [3.63, 3.8) is 0 Å². The van der Waals surface area contributed by atoms with Gasteiger partial charge in [0.15, 0.2) is 0 Å². The molecular formula is C27H38N2O3. The van der Waals surface area contributed by atoms with Gasteiger partial charge in [-0.15, -0.1) is 0 Å². The summed E-state index contributed by atoms with van der Waals surface area (Å²) in [6.07, 6.45) is 0. The third kappa shape index (κ3) is 6.04. The Bertz CT molecular complexity index is 896. The van der Waals surface area contributed by atoms with Gasteiger partial charge in [0.1, 0.15) is 11.5 Å². The van der Waals surface area contributed by atoms with E-state index in [0.717, 1.165) is 37.5 Å². The molecule has 174 valence electrons. The van der Waals surface area contributed by atoms with Crippen molar-refractivity contribution in [2.45, 2.75) is 40.2 Å². The van der Waals surface area contributed by atoms with Crippen LogP contribution in [0.15, 0.2) is 48.5 Å². The van der Waals surface area contributed by atoms with E-state index in [1.54, 1.807) is 13.2 Å². The molecule has 0 bridgehead atoms. The average molecular weight is 439 g/mol. The highest BCUT2D eigenvalue weighted by atomic mass is 16.5. The number of hydrogen-bond acceptors (Lipinski definition) is 4. The minimum atomic E-state index is -0.0113. The largest absolute Gasteiger partial charge is 0.508 e. The van der Waals surface area contributed by atoms with Crippen molar-refractivity contribution in [1.82, 2.24) is 9.80 Å². The van der Waals surface area contributed by atoms with E-state index in [1.807, 2.05) is 44.2 Å². The Balaban J connectivity index is 1.86. The first-order valence-electron chi connectivity index (χ1n) is 11.7. The lowest BCUT2D eigenvalue weighted by Gasteiger charge is -2.31. The van der Waals surface area contributed by atoms with Crippen LogP contribution in [0.1, 0.15) is 44.7 Å². The molecule has 1 saturated heterocycles. The van der Waals surface area contributed by atoms with E-state index in [1.165, 1.54) is 5.56 Å². The maximum atomic E-state index is 13.0. The van der Waals surface area contributed by atoms with Crippen LogP contribution in [0.4, 0.5) is 0 Å². The topological polar surface area (TPSA) is 53.0 Å². The van der Waals surface area contributed by atoms with Gasteiger partial charge < -0.3 is 14.7 Å². The molecule has 1 aliphatic heterocycles. The van der Waals surface area contributed by atoms with Gasteiger partial charge in [0.05, 0.1) is 7.11 Å². The number of phenolic OH excluding ortho intramolecular Hbond substituents is 1. The number of para-hydroxylation sites is 1. The molecule has 2 aromatic carbocycles. The molecule has 1 amide bonds. The highest BCUT2D eigenvalue weighted by Gasteiger charge is 2.36. The zero-order valence-electron chi connectivity index (χ0n) is 20.1. The molecule has 3 rings (SSSR count). The molecule has 2 atom stereocenters. The van der Waals surface area contributed by atoms with E-state index in [0.29, 0.717) is 30.0 Å². The second-order valence-electron chi connectivity index (χ2n) is 9.76. The van der Waals surface area contributed by atoms with Crippen molar-refractivity contribution in [3.8, 4) is 11.5 Å². The fourth-order valence-corrected chi connectivity index (χ4v) is 4.75. The van der Waals surface area contributed by atoms with Gasteiger partial charge in [0, 0.05) is 50.1 Å². The third-order valence-corrected chi connectivity index (χ3v) is 6.27. The maximum Gasteiger partial charge on any atom is 0.225 e. The van der Waals surface area contributed by atoms with Crippen LogP contribution in [0, 0.1) is 17.8 Å². The van der Waals surface area contributed by atoms with Crippen LogP contribution in [-0.4, -0.2) is 54.1 Å². The van der Waals surface area contributed by atoms with Crippen molar-refractivity contribution in [2.75, 3.05) is 33.3 Å². The standard InChI is InChI=1S/C27H38N2O3/c1-19(2)14-29(27(31)20(3)4)17-23-16-28(15-22-9-6-7-12-26(22)30)18-25(23)21-10-8-11-24(13-21)32-5/h6-13,19-20,23,25,30H,14-18H2,1-5H3/t23-,25+/m0/s1. The fourth-order valence-electron chi connectivity index (χ4n) is 4.75. The molecule has 2 aromatic rings. The van der Waals surface area contributed by atoms with E-state index < -0.39 is 0 Å². The number of ether oxygens (including phenoxy) is 1. The molecule has 1 N–H and O–H groups in total. The summed E-state index contributed by atoms with van der Waals surface area (Å²) in [5.41, 5.74) is 2.19. The molecule has 0 aliphatic carbocycles. The van der Waals surface area contributed by atoms with Gasteiger partial charge in [-0.1, -0.05) is 58.0 Å². The lowest BCUT2D eigenvalue weighted by Crippen LogP contribution is -2.41. The lowest BCUT2D eigenvalue weighted by atomic mass is 9.88. The number of carbonyl (C=O) groups is 1. The molecule has 1 aliphatic rings. The number of nitrogens with zero attached hydrogens (tertiary/aromatic N) is 2. The Morgan fingerprint density at radius 3 is 2.53 bits per heavy atom. The lowest BCUT2D eigenvalue weighted by molar-refractivity contribution is -0.135. The normalized spacial score (nSPS) is 19.0. The van der Waals surface area contributed by atoms with Crippen molar-refractivity contribution in [3.05, 3.63) is 59.7 Å². The van der Waals surface area contributed by atoms with Crippen molar-refractivity contribution in [2.24, 2.45) is 17.8 Å². The van der Waals surface area contributed by atoms with Crippen LogP contribution in [0.5, 0.6) is 11.5 Å². The Labute approximate surface area is 193 Å². The Hall–Kier alpha value is -2.53. The molecule has 32 heavy (non-hydrogen) atoms. The molecule has 1 fully saturated rings. The summed E-state index contributed by atoms with van der Waals surface area (Å²) < 4.78 is 5.48. The van der Waals surface area contributed by atoms with Crippen molar-refractivity contribution >= 4 is 5.91 Å². The quantitative estimate of drug-likeness (QED) is 0.613. The molecule has 0 saturated carbocycles. The summed E-state index contributed by atoms with van der Waals surface area (Å²) in [5, 5.41) is 10.3. The second kappa shape index (κ2) is 10.9. The smallest absolute Gasteiger partial charge is 0.225 e. The number of rotatable bonds is 9. The predicted octanol–water partition coefficient (Wildman–Crippen LogP) is 4.76. The maximum absolute atomic E-state index is 13.0. The van der Waals surface area contributed by atoms with Gasteiger partial charge in [0.2, 0.25) is 5.91 Å². The predicted molar refractivity (Wildman–Crippen MR) is 129 cm³/mol. The SMILES string of the molecule is COc1cccc([C@H]2CN(Cc3ccccc3O)C[C@H]2CN(CC(C)C)C(=O)C(C)C)c1. The summed E-state index contributed by atoms with van der Waals surface area (Å²) in [5.74, 6) is 2.44. The number of phenols is 1. The second-order valence-corrected chi connectivity index (χ2v) is 9.76. The van der Waals surface area contributed by atoms with Crippen LogP contribution in [-0.2, 0) is 11.3 Å². The summed E-state index contributed by atoms with van der Waals surface area (Å²) in [7, 11) is 1.70. The Morgan fingerprint density at radius 1 is 1.12 bits per heavy atom. The summed E-state index contributed by atoms with van der Waals surface area (Å²) in [6, 6.07) is 15.9. The number of carbonyl (C=O) groups excluding carboxylic acids is 1. The molecule has 0 unspecified atom stereocenters. The van der Waals surface area contributed by atoms with Crippen molar-refractivity contribution < 1.29 is 14.6 Å². The van der Waals surface area contributed by atoms with E-state index in [2.05, 4.69) is 35.8 Å².